The summed E-state index contributed by atoms with van der Waals surface area (Å²) < 4.78 is 73.7. The van der Waals surface area contributed by atoms with Gasteiger partial charge < -0.3 is 13.7 Å². The maximum absolute atomic E-state index is 12.4. The summed E-state index contributed by atoms with van der Waals surface area (Å²) in [5.41, 5.74) is -5.79. The molecule has 0 bridgehead atoms. The van der Waals surface area contributed by atoms with E-state index in [1.54, 1.807) is 0 Å². The number of esters is 1. The molecule has 2 rings (SSSR count). The van der Waals surface area contributed by atoms with E-state index in [1.807, 2.05) is 0 Å². The van der Waals surface area contributed by atoms with Gasteiger partial charge in [-0.3, -0.25) is 0 Å². The number of benzene rings is 1. The fraction of sp³-hybridized carbons (Fsp3) is 0.417. The summed E-state index contributed by atoms with van der Waals surface area (Å²) in [6.45, 7) is 4.32. The zero-order valence-electron chi connectivity index (χ0n) is 11.6. The van der Waals surface area contributed by atoms with Gasteiger partial charge in [-0.25, -0.2) is 4.79 Å². The Morgan fingerprint density at radius 1 is 1.18 bits per heavy atom. The van der Waals surface area contributed by atoms with Crippen LogP contribution in [-0.2, 0) is 14.9 Å². The summed E-state index contributed by atoms with van der Waals surface area (Å²) in [5.74, 6) is -3.29. The van der Waals surface area contributed by atoms with Crippen LogP contribution in [0.5, 0.6) is 11.5 Å². The van der Waals surface area contributed by atoms with Crippen LogP contribution in [-0.4, -0.2) is 25.7 Å². The molecule has 0 N–H and O–H groups in total. The lowest BCUT2D eigenvalue weighted by molar-refractivity contribution is -0.127. The lowest BCUT2D eigenvalue weighted by Gasteiger charge is -2.32. The molecule has 1 aromatic rings. The van der Waals surface area contributed by atoms with Crippen molar-refractivity contribution in [2.24, 2.45) is 0 Å². The minimum Gasteiger partial charge on any atom is -0.452 e. The molecule has 0 saturated carbocycles. The van der Waals surface area contributed by atoms with Crippen molar-refractivity contribution in [1.82, 2.24) is 0 Å². The maximum Gasteiger partial charge on any atom is 0.534 e. The maximum atomic E-state index is 12.4. The van der Waals surface area contributed by atoms with Crippen LogP contribution in [0.2, 0.25) is 0 Å². The first-order chi connectivity index (χ1) is 9.82. The fourth-order valence-corrected chi connectivity index (χ4v) is 2.26. The van der Waals surface area contributed by atoms with Crippen molar-refractivity contribution in [2.75, 3.05) is 0 Å². The van der Waals surface area contributed by atoms with Crippen molar-refractivity contribution >= 4 is 16.1 Å². The van der Waals surface area contributed by atoms with Gasteiger partial charge >= 0.3 is 21.6 Å². The van der Waals surface area contributed by atoms with E-state index in [4.69, 9.17) is 9.47 Å². The Labute approximate surface area is 123 Å². The smallest absolute Gasteiger partial charge is 0.452 e. The third-order valence-electron chi connectivity index (χ3n) is 2.59. The van der Waals surface area contributed by atoms with E-state index in [0.29, 0.717) is 5.56 Å². The lowest BCUT2D eigenvalue weighted by Crippen LogP contribution is -2.39. The molecule has 10 heteroatoms. The Kier molecular flexibility index (Phi) is 3.55. The normalized spacial score (nSPS) is 17.3. The van der Waals surface area contributed by atoms with Crippen LogP contribution in [0.1, 0.15) is 29.8 Å². The number of carbonyl (C=O) groups excluding carboxylic acids is 1. The second kappa shape index (κ2) is 4.77. The summed E-state index contributed by atoms with van der Waals surface area (Å²) in [6, 6.07) is 2.34. The number of halogens is 3. The third kappa shape index (κ3) is 2.96. The van der Waals surface area contributed by atoms with E-state index in [0.717, 1.165) is 6.07 Å². The minimum absolute atomic E-state index is 0.117. The summed E-state index contributed by atoms with van der Waals surface area (Å²) in [7, 11) is -5.92. The van der Waals surface area contributed by atoms with Gasteiger partial charge in [0.1, 0.15) is 11.3 Å². The Hall–Kier alpha value is -1.97. The van der Waals surface area contributed by atoms with Gasteiger partial charge in [0.2, 0.25) is 5.79 Å². The molecule has 0 aromatic heterocycles. The zero-order valence-corrected chi connectivity index (χ0v) is 12.5. The van der Waals surface area contributed by atoms with E-state index in [1.165, 1.54) is 26.8 Å². The van der Waals surface area contributed by atoms with Crippen LogP contribution < -0.4 is 8.92 Å². The van der Waals surface area contributed by atoms with E-state index < -0.39 is 38.7 Å². The molecule has 0 unspecified atom stereocenters. The summed E-state index contributed by atoms with van der Waals surface area (Å²) >= 11 is 0. The second-order valence-corrected chi connectivity index (χ2v) is 6.55. The molecule has 122 valence electrons. The van der Waals surface area contributed by atoms with Crippen molar-refractivity contribution in [3.8, 4) is 11.5 Å². The standard InChI is InChI=1S/C12H11F3O6S/c1-6-4-7-9(10(16)20-11(2,3)19-7)8(5-6)21-22(17,18)12(13,14)15/h4-5H,1-3H3. The van der Waals surface area contributed by atoms with Gasteiger partial charge in [-0.15, -0.1) is 0 Å². The Morgan fingerprint density at radius 2 is 1.77 bits per heavy atom. The summed E-state index contributed by atoms with van der Waals surface area (Å²) in [4.78, 5) is 11.9. The van der Waals surface area contributed by atoms with Gasteiger partial charge in [-0.1, -0.05) is 0 Å². The molecule has 0 atom stereocenters. The van der Waals surface area contributed by atoms with Crippen molar-refractivity contribution in [2.45, 2.75) is 32.1 Å². The molecule has 0 radical (unpaired) electrons. The van der Waals surface area contributed by atoms with Crippen LogP contribution in [0.4, 0.5) is 13.2 Å². The van der Waals surface area contributed by atoms with Gasteiger partial charge in [0.25, 0.3) is 0 Å². The molecule has 6 nitrogen and oxygen atoms in total. The summed E-state index contributed by atoms with van der Waals surface area (Å²) in [5, 5.41) is 0. The Balaban J connectivity index is 2.56. The number of rotatable bonds is 2. The summed E-state index contributed by atoms with van der Waals surface area (Å²) in [6.07, 6.45) is 0. The molecular formula is C12H11F3O6S. The molecule has 1 heterocycles. The van der Waals surface area contributed by atoms with Gasteiger partial charge in [-0.2, -0.15) is 21.6 Å². The molecular weight excluding hydrogens is 329 g/mol. The number of aryl methyl sites for hydroxylation is 1. The largest absolute Gasteiger partial charge is 0.534 e. The van der Waals surface area contributed by atoms with Crippen LogP contribution in [0, 0.1) is 6.92 Å². The number of alkyl halides is 3. The molecule has 0 spiro atoms. The first-order valence-electron chi connectivity index (χ1n) is 5.90. The van der Waals surface area contributed by atoms with Crippen LogP contribution in [0.25, 0.3) is 0 Å². The molecule has 1 aromatic carbocycles. The Morgan fingerprint density at radius 3 is 2.32 bits per heavy atom. The number of ether oxygens (including phenoxy) is 2. The van der Waals surface area contributed by atoms with Crippen LogP contribution in [0.15, 0.2) is 12.1 Å². The van der Waals surface area contributed by atoms with Crippen molar-refractivity contribution in [3.05, 3.63) is 23.3 Å². The number of carbonyl (C=O) groups is 1. The predicted molar refractivity (Wildman–Crippen MR) is 66.9 cm³/mol. The highest BCUT2D eigenvalue weighted by atomic mass is 32.2. The molecule has 1 aliphatic rings. The van der Waals surface area contributed by atoms with E-state index in [-0.39, 0.29) is 5.75 Å². The highest BCUT2D eigenvalue weighted by molar-refractivity contribution is 7.88. The van der Waals surface area contributed by atoms with Crippen molar-refractivity contribution in [3.63, 3.8) is 0 Å². The molecule has 0 amide bonds. The first kappa shape index (κ1) is 16.4. The second-order valence-electron chi connectivity index (χ2n) is 5.01. The van der Waals surface area contributed by atoms with Gasteiger partial charge in [0.05, 0.1) is 0 Å². The lowest BCUT2D eigenvalue weighted by atomic mass is 10.1. The number of fused-ring (bicyclic) bond motifs is 1. The first-order valence-corrected chi connectivity index (χ1v) is 7.31. The van der Waals surface area contributed by atoms with Crippen LogP contribution in [0.3, 0.4) is 0 Å². The molecule has 0 fully saturated rings. The van der Waals surface area contributed by atoms with Gasteiger partial charge in [0, 0.05) is 13.8 Å². The fourth-order valence-electron chi connectivity index (χ4n) is 1.79. The quantitative estimate of drug-likeness (QED) is 0.468. The average Bonchev–Trinajstić information content (AvgIpc) is 2.22. The molecule has 1 aliphatic heterocycles. The van der Waals surface area contributed by atoms with Crippen LogP contribution >= 0.6 is 0 Å². The van der Waals surface area contributed by atoms with E-state index in [9.17, 15) is 26.4 Å². The average molecular weight is 340 g/mol. The Bertz CT molecular complexity index is 736. The van der Waals surface area contributed by atoms with Crippen molar-refractivity contribution in [1.29, 1.82) is 0 Å². The van der Waals surface area contributed by atoms with E-state index >= 15 is 0 Å². The highest BCUT2D eigenvalue weighted by Gasteiger charge is 2.49. The monoisotopic (exact) mass is 340 g/mol. The minimum atomic E-state index is -5.92. The topological polar surface area (TPSA) is 78.9 Å². The van der Waals surface area contributed by atoms with E-state index in [2.05, 4.69) is 4.18 Å². The van der Waals surface area contributed by atoms with Gasteiger partial charge in [0.15, 0.2) is 5.75 Å². The number of cyclic esters (lactones) is 1. The number of hydrogen-bond donors (Lipinski definition) is 0. The predicted octanol–water partition coefficient (Wildman–Crippen LogP) is 2.51. The molecule has 0 saturated heterocycles. The molecule has 0 aliphatic carbocycles. The van der Waals surface area contributed by atoms with Crippen molar-refractivity contribution < 1.29 is 40.0 Å². The molecule has 22 heavy (non-hydrogen) atoms. The third-order valence-corrected chi connectivity index (χ3v) is 3.56. The SMILES string of the molecule is Cc1cc2c(c(OS(=O)(=O)C(F)(F)F)c1)C(=O)OC(C)(C)O2. The zero-order chi connectivity index (χ0) is 16.9. The highest BCUT2D eigenvalue weighted by Crippen LogP contribution is 2.39. The number of hydrogen-bond acceptors (Lipinski definition) is 6. The van der Waals surface area contributed by atoms with Gasteiger partial charge in [-0.05, 0) is 24.6 Å².